The Balaban J connectivity index is 0. The fourth-order valence-electron chi connectivity index (χ4n) is 1.24. The first kappa shape index (κ1) is 18.9. The SMILES string of the molecule is CCCCCCCCCSP([O-])([O-])=S.[Zn+2]. The molecule has 86 valence electrons. The minimum Gasteiger partial charge on any atom is -0.825 e. The van der Waals surface area contributed by atoms with E-state index in [9.17, 15) is 9.79 Å². The first-order valence-corrected chi connectivity index (χ1v) is 9.45. The molecule has 0 aliphatic heterocycles. The largest absolute Gasteiger partial charge is 2.00 e. The molecule has 0 aromatic carbocycles. The molecule has 0 atom stereocenters. The summed E-state index contributed by atoms with van der Waals surface area (Å²) in [5, 5.41) is 0. The van der Waals surface area contributed by atoms with Crippen molar-refractivity contribution in [3.63, 3.8) is 0 Å². The third kappa shape index (κ3) is 18.1. The Morgan fingerprint density at radius 1 is 1.00 bits per heavy atom. The van der Waals surface area contributed by atoms with E-state index >= 15 is 0 Å². The first-order valence-electron chi connectivity index (χ1n) is 5.23. The van der Waals surface area contributed by atoms with Gasteiger partial charge in [0, 0.05) is 0 Å². The van der Waals surface area contributed by atoms with Crippen LogP contribution in [0, 0.1) is 0 Å². The van der Waals surface area contributed by atoms with Crippen LogP contribution in [0.15, 0.2) is 0 Å². The second kappa shape index (κ2) is 12.0. The van der Waals surface area contributed by atoms with Gasteiger partial charge in [0.1, 0.15) is 0 Å². The molecule has 0 saturated carbocycles. The van der Waals surface area contributed by atoms with Crippen molar-refractivity contribution < 1.29 is 29.3 Å². The zero-order valence-electron chi connectivity index (χ0n) is 9.44. The van der Waals surface area contributed by atoms with Crippen LogP contribution < -0.4 is 9.79 Å². The van der Waals surface area contributed by atoms with Crippen LogP contribution in [0.4, 0.5) is 0 Å². The van der Waals surface area contributed by atoms with Gasteiger partial charge in [0.05, 0.1) is 0 Å². The molecule has 6 heteroatoms. The summed E-state index contributed by atoms with van der Waals surface area (Å²) < 4.78 is 0. The maximum absolute atomic E-state index is 10.6. The van der Waals surface area contributed by atoms with Gasteiger partial charge in [-0.1, -0.05) is 45.4 Å². The van der Waals surface area contributed by atoms with Crippen LogP contribution in [0.5, 0.6) is 0 Å². The van der Waals surface area contributed by atoms with Gasteiger partial charge in [0.2, 0.25) is 0 Å². The van der Waals surface area contributed by atoms with Crippen molar-refractivity contribution in [3.8, 4) is 0 Å². The summed E-state index contributed by atoms with van der Waals surface area (Å²) in [6.45, 7) is 2.20. The maximum atomic E-state index is 10.6. The second-order valence-corrected chi connectivity index (χ2v) is 9.31. The Hall–Kier alpha value is 1.54. The summed E-state index contributed by atoms with van der Waals surface area (Å²) in [5.74, 6) is 0.665. The Bertz CT molecular complexity index is 175. The summed E-state index contributed by atoms with van der Waals surface area (Å²) in [5.41, 5.74) is -3.48. The smallest absolute Gasteiger partial charge is 0.825 e. The minimum atomic E-state index is -3.48. The molecule has 0 bridgehead atoms. The number of hydrogen-bond acceptors (Lipinski definition) is 4. The van der Waals surface area contributed by atoms with Crippen LogP contribution in [-0.2, 0) is 31.3 Å². The van der Waals surface area contributed by atoms with E-state index in [0.717, 1.165) is 24.2 Å². The summed E-state index contributed by atoms with van der Waals surface area (Å²) in [6, 6.07) is 0. The van der Waals surface area contributed by atoms with E-state index in [2.05, 4.69) is 18.7 Å². The average Bonchev–Trinajstić information content (AvgIpc) is 2.08. The van der Waals surface area contributed by atoms with Crippen LogP contribution in [0.3, 0.4) is 0 Å². The van der Waals surface area contributed by atoms with Crippen LogP contribution in [0.25, 0.3) is 0 Å². The Kier molecular flexibility index (Phi) is 15.1. The van der Waals surface area contributed by atoms with Gasteiger partial charge in [-0.05, 0) is 12.2 Å². The standard InChI is InChI=1S/C9H21O2PS2.Zn/c1-2-3-4-5-6-7-8-9-14-12(10,11)13;/h2-9H2,1H3,(H2,10,11,13);/q;+2/p-2. The third-order valence-electron chi connectivity index (χ3n) is 2.00. The summed E-state index contributed by atoms with van der Waals surface area (Å²) in [4.78, 5) is 21.2. The summed E-state index contributed by atoms with van der Waals surface area (Å²) in [6.07, 6.45) is 8.50. The molecule has 0 amide bonds. The minimum absolute atomic E-state index is 0. The van der Waals surface area contributed by atoms with Crippen molar-refractivity contribution in [2.75, 3.05) is 5.75 Å². The molecule has 0 aliphatic carbocycles. The molecule has 2 nitrogen and oxygen atoms in total. The van der Waals surface area contributed by atoms with E-state index in [1.165, 1.54) is 32.1 Å². The van der Waals surface area contributed by atoms with Gasteiger partial charge in [-0.25, -0.2) is 0 Å². The Labute approximate surface area is 115 Å². The van der Waals surface area contributed by atoms with Crippen LogP contribution >= 0.6 is 17.1 Å². The molecule has 0 fully saturated rings. The normalized spacial score (nSPS) is 11.1. The van der Waals surface area contributed by atoms with Crippen molar-refractivity contribution in [1.82, 2.24) is 0 Å². The van der Waals surface area contributed by atoms with Crippen molar-refractivity contribution in [2.24, 2.45) is 0 Å². The molecule has 0 unspecified atom stereocenters. The van der Waals surface area contributed by atoms with E-state index in [0.29, 0.717) is 5.75 Å². The first-order chi connectivity index (χ1) is 6.56. The molecule has 15 heavy (non-hydrogen) atoms. The van der Waals surface area contributed by atoms with E-state index in [-0.39, 0.29) is 19.5 Å². The van der Waals surface area contributed by atoms with E-state index in [4.69, 9.17) is 0 Å². The van der Waals surface area contributed by atoms with Crippen LogP contribution in [0.2, 0.25) is 0 Å². The summed E-state index contributed by atoms with van der Waals surface area (Å²) in [7, 11) is 0. The Morgan fingerprint density at radius 2 is 1.47 bits per heavy atom. The molecule has 0 heterocycles. The molecule has 0 aromatic rings. The molecule has 0 rings (SSSR count). The van der Waals surface area contributed by atoms with Crippen molar-refractivity contribution in [3.05, 3.63) is 0 Å². The molecular weight excluding hydrogens is 301 g/mol. The average molecular weight is 320 g/mol. The van der Waals surface area contributed by atoms with Gasteiger partial charge in [-0.15, -0.1) is 11.8 Å². The van der Waals surface area contributed by atoms with Gasteiger partial charge < -0.3 is 9.79 Å². The van der Waals surface area contributed by atoms with Gasteiger partial charge in [0.15, 0.2) is 0 Å². The zero-order valence-corrected chi connectivity index (χ0v) is 14.9. The topological polar surface area (TPSA) is 46.1 Å². The monoisotopic (exact) mass is 318 g/mol. The molecule has 0 aromatic heterocycles. The number of unbranched alkanes of at least 4 members (excludes halogenated alkanes) is 6. The third-order valence-corrected chi connectivity index (χ3v) is 5.23. The van der Waals surface area contributed by atoms with Gasteiger partial charge in [-0.2, -0.15) is 17.1 Å². The fourth-order valence-corrected chi connectivity index (χ4v) is 3.52. The van der Waals surface area contributed by atoms with E-state index in [1.54, 1.807) is 0 Å². The molecule has 0 radical (unpaired) electrons. The second-order valence-electron chi connectivity index (χ2n) is 3.40. The van der Waals surface area contributed by atoms with Crippen molar-refractivity contribution in [2.45, 2.75) is 51.9 Å². The van der Waals surface area contributed by atoms with E-state index < -0.39 is 5.69 Å². The maximum Gasteiger partial charge on any atom is 2.00 e. The van der Waals surface area contributed by atoms with Crippen molar-refractivity contribution in [1.29, 1.82) is 0 Å². The van der Waals surface area contributed by atoms with Crippen LogP contribution in [0.1, 0.15) is 51.9 Å². The fraction of sp³-hybridized carbons (Fsp3) is 1.00. The predicted octanol–water partition coefficient (Wildman–Crippen LogP) is 2.41. The van der Waals surface area contributed by atoms with Crippen molar-refractivity contribution >= 4 is 28.9 Å². The molecular formula is C9H19O2PS2Zn. The molecule has 0 saturated heterocycles. The predicted molar refractivity (Wildman–Crippen MR) is 64.7 cm³/mol. The number of hydrogen-bond donors (Lipinski definition) is 0. The van der Waals surface area contributed by atoms with Gasteiger partial charge in [-0.3, -0.25) is 0 Å². The molecule has 0 aliphatic rings. The van der Waals surface area contributed by atoms with Crippen LogP contribution in [-0.4, -0.2) is 5.75 Å². The molecule has 0 N–H and O–H groups in total. The van der Waals surface area contributed by atoms with Gasteiger partial charge in [0.25, 0.3) is 0 Å². The Morgan fingerprint density at radius 3 is 1.93 bits per heavy atom. The molecule has 0 spiro atoms. The van der Waals surface area contributed by atoms with E-state index in [1.807, 2.05) is 0 Å². The summed E-state index contributed by atoms with van der Waals surface area (Å²) >= 11 is 5.20. The number of rotatable bonds is 9. The zero-order chi connectivity index (χ0) is 10.9. The quantitative estimate of drug-likeness (QED) is 0.372. The van der Waals surface area contributed by atoms with Gasteiger partial charge >= 0.3 is 19.5 Å².